The quantitative estimate of drug-likeness (QED) is 0.489. The van der Waals surface area contributed by atoms with E-state index in [4.69, 9.17) is 11.6 Å². The lowest BCUT2D eigenvalue weighted by Gasteiger charge is -2.12. The highest BCUT2D eigenvalue weighted by molar-refractivity contribution is 7.99. The van der Waals surface area contributed by atoms with E-state index in [0.717, 1.165) is 0 Å². The van der Waals surface area contributed by atoms with E-state index >= 15 is 0 Å². The summed E-state index contributed by atoms with van der Waals surface area (Å²) in [6.07, 6.45) is 1.91. The number of thioether (sulfide) groups is 1. The Bertz CT molecular complexity index is 118. The molecule has 0 saturated carbocycles. The summed E-state index contributed by atoms with van der Waals surface area (Å²) in [5.74, 6) is -0.358. The van der Waals surface area contributed by atoms with Gasteiger partial charge in [0.05, 0.1) is 7.11 Å². The Labute approximate surface area is 70.3 Å². The van der Waals surface area contributed by atoms with Crippen LogP contribution in [0, 0.1) is 0 Å². The van der Waals surface area contributed by atoms with Crippen LogP contribution in [0.1, 0.15) is 6.92 Å². The first-order valence-electron chi connectivity index (χ1n) is 2.88. The summed E-state index contributed by atoms with van der Waals surface area (Å²) in [6.45, 7) is 1.89. The number of alkyl halides is 1. The van der Waals surface area contributed by atoms with Crippen LogP contribution in [0.2, 0.25) is 0 Å². The largest absolute Gasteiger partial charge is 0.468 e. The standard InChI is InChI=1S/C6H11ClO2S/c1-4(10-3)5(7)6(8)9-2/h4-5H,1-3H3/t4-,5+/m1/s1. The minimum absolute atomic E-state index is 0.106. The second-order valence-electron chi connectivity index (χ2n) is 1.87. The van der Waals surface area contributed by atoms with Gasteiger partial charge in [0.2, 0.25) is 0 Å². The van der Waals surface area contributed by atoms with Crippen molar-refractivity contribution in [3.05, 3.63) is 0 Å². The van der Waals surface area contributed by atoms with Crippen molar-refractivity contribution >= 4 is 29.3 Å². The molecule has 2 nitrogen and oxygen atoms in total. The Morgan fingerprint density at radius 3 is 2.50 bits per heavy atom. The van der Waals surface area contributed by atoms with Crippen molar-refractivity contribution < 1.29 is 9.53 Å². The molecule has 0 aliphatic heterocycles. The molecule has 0 amide bonds. The molecule has 0 bridgehead atoms. The first kappa shape index (κ1) is 10.1. The van der Waals surface area contributed by atoms with Gasteiger partial charge in [0, 0.05) is 5.25 Å². The molecule has 0 aromatic heterocycles. The third kappa shape index (κ3) is 2.80. The first-order valence-corrected chi connectivity index (χ1v) is 4.60. The van der Waals surface area contributed by atoms with Crippen LogP contribution >= 0.6 is 23.4 Å². The van der Waals surface area contributed by atoms with Gasteiger partial charge in [0.1, 0.15) is 5.38 Å². The molecule has 0 heterocycles. The molecule has 10 heavy (non-hydrogen) atoms. The van der Waals surface area contributed by atoms with Crippen molar-refractivity contribution in [1.29, 1.82) is 0 Å². The van der Waals surface area contributed by atoms with Crippen molar-refractivity contribution in [1.82, 2.24) is 0 Å². The Morgan fingerprint density at radius 1 is 1.70 bits per heavy atom. The van der Waals surface area contributed by atoms with Gasteiger partial charge >= 0.3 is 5.97 Å². The molecule has 0 spiro atoms. The van der Waals surface area contributed by atoms with E-state index in [9.17, 15) is 4.79 Å². The Hall–Kier alpha value is 0.110. The molecule has 0 aromatic rings. The summed E-state index contributed by atoms with van der Waals surface area (Å²) < 4.78 is 4.45. The van der Waals surface area contributed by atoms with Crippen LogP contribution in [0.4, 0.5) is 0 Å². The molecule has 0 aliphatic rings. The summed E-state index contributed by atoms with van der Waals surface area (Å²) in [4.78, 5) is 10.7. The number of hydrogen-bond acceptors (Lipinski definition) is 3. The highest BCUT2D eigenvalue weighted by atomic mass is 35.5. The van der Waals surface area contributed by atoms with E-state index in [-0.39, 0.29) is 11.2 Å². The molecule has 0 fully saturated rings. The van der Waals surface area contributed by atoms with E-state index in [2.05, 4.69) is 4.74 Å². The van der Waals surface area contributed by atoms with Gasteiger partial charge in [-0.1, -0.05) is 6.92 Å². The Morgan fingerprint density at radius 2 is 2.20 bits per heavy atom. The summed E-state index contributed by atoms with van der Waals surface area (Å²) in [6, 6.07) is 0. The molecule has 2 atom stereocenters. The maximum Gasteiger partial charge on any atom is 0.324 e. The van der Waals surface area contributed by atoms with E-state index in [1.165, 1.54) is 7.11 Å². The van der Waals surface area contributed by atoms with Crippen molar-refractivity contribution in [3.8, 4) is 0 Å². The molecule has 60 valence electrons. The molecule has 0 N–H and O–H groups in total. The average Bonchev–Trinajstić information content (AvgIpc) is 2.00. The summed E-state index contributed by atoms with van der Waals surface area (Å²) in [5.41, 5.74) is 0. The number of methoxy groups -OCH3 is 1. The van der Waals surface area contributed by atoms with E-state index in [1.807, 2.05) is 13.2 Å². The van der Waals surface area contributed by atoms with Gasteiger partial charge < -0.3 is 4.74 Å². The Balaban J connectivity index is 3.81. The van der Waals surface area contributed by atoms with Crippen LogP contribution in [0.25, 0.3) is 0 Å². The molecule has 0 radical (unpaired) electrons. The number of hydrogen-bond donors (Lipinski definition) is 0. The van der Waals surface area contributed by atoms with E-state index in [0.29, 0.717) is 0 Å². The van der Waals surface area contributed by atoms with Crippen LogP contribution in [0.15, 0.2) is 0 Å². The fraction of sp³-hybridized carbons (Fsp3) is 0.833. The second-order valence-corrected chi connectivity index (χ2v) is 3.55. The predicted octanol–water partition coefficient (Wildman–Crippen LogP) is 1.52. The minimum Gasteiger partial charge on any atom is -0.468 e. The fourth-order valence-electron chi connectivity index (χ4n) is 0.424. The van der Waals surface area contributed by atoms with Crippen molar-refractivity contribution in [2.24, 2.45) is 0 Å². The number of rotatable bonds is 3. The number of ether oxygens (including phenoxy) is 1. The zero-order valence-electron chi connectivity index (χ0n) is 6.26. The van der Waals surface area contributed by atoms with Crippen LogP contribution in [-0.4, -0.2) is 30.0 Å². The maximum atomic E-state index is 10.7. The van der Waals surface area contributed by atoms with Crippen LogP contribution in [0.5, 0.6) is 0 Å². The van der Waals surface area contributed by atoms with Crippen LogP contribution in [-0.2, 0) is 9.53 Å². The first-order chi connectivity index (χ1) is 4.63. The molecule has 0 saturated heterocycles. The average molecular weight is 183 g/mol. The van der Waals surface area contributed by atoms with Crippen molar-refractivity contribution in [3.63, 3.8) is 0 Å². The van der Waals surface area contributed by atoms with Crippen LogP contribution < -0.4 is 0 Å². The van der Waals surface area contributed by atoms with Gasteiger partial charge in [-0.15, -0.1) is 11.6 Å². The number of halogens is 1. The summed E-state index contributed by atoms with van der Waals surface area (Å²) in [5, 5.41) is -0.422. The van der Waals surface area contributed by atoms with Gasteiger partial charge in [0.15, 0.2) is 0 Å². The lowest BCUT2D eigenvalue weighted by Crippen LogP contribution is -2.25. The normalized spacial score (nSPS) is 16.0. The zero-order chi connectivity index (χ0) is 8.15. The lowest BCUT2D eigenvalue weighted by atomic mass is 10.3. The maximum absolute atomic E-state index is 10.7. The topological polar surface area (TPSA) is 26.3 Å². The minimum atomic E-state index is -0.528. The van der Waals surface area contributed by atoms with Gasteiger partial charge in [-0.2, -0.15) is 11.8 Å². The van der Waals surface area contributed by atoms with E-state index < -0.39 is 5.38 Å². The molecular weight excluding hydrogens is 172 g/mol. The van der Waals surface area contributed by atoms with Gasteiger partial charge in [-0.05, 0) is 6.26 Å². The second kappa shape index (κ2) is 4.85. The third-order valence-electron chi connectivity index (χ3n) is 1.21. The van der Waals surface area contributed by atoms with Crippen molar-refractivity contribution in [2.45, 2.75) is 17.6 Å². The van der Waals surface area contributed by atoms with Gasteiger partial charge in [0.25, 0.3) is 0 Å². The molecular formula is C6H11ClO2S. The fourth-order valence-corrected chi connectivity index (χ4v) is 1.17. The number of esters is 1. The molecule has 0 unspecified atom stereocenters. The van der Waals surface area contributed by atoms with Gasteiger partial charge in [-0.25, -0.2) is 0 Å². The molecule has 0 aromatic carbocycles. The smallest absolute Gasteiger partial charge is 0.324 e. The summed E-state index contributed by atoms with van der Waals surface area (Å²) >= 11 is 7.23. The summed E-state index contributed by atoms with van der Waals surface area (Å²) in [7, 11) is 1.34. The molecule has 4 heteroatoms. The number of carbonyl (C=O) groups is 1. The molecule has 0 rings (SSSR count). The Kier molecular flexibility index (Phi) is 4.91. The highest BCUT2D eigenvalue weighted by Crippen LogP contribution is 2.16. The zero-order valence-corrected chi connectivity index (χ0v) is 7.83. The molecule has 0 aliphatic carbocycles. The highest BCUT2D eigenvalue weighted by Gasteiger charge is 2.21. The monoisotopic (exact) mass is 182 g/mol. The van der Waals surface area contributed by atoms with E-state index in [1.54, 1.807) is 11.8 Å². The van der Waals surface area contributed by atoms with Gasteiger partial charge in [-0.3, -0.25) is 4.79 Å². The SMILES string of the molecule is COC(=O)[C@@H](Cl)[C@@H](C)SC. The van der Waals surface area contributed by atoms with Crippen molar-refractivity contribution in [2.75, 3.05) is 13.4 Å². The number of carbonyl (C=O) groups excluding carboxylic acids is 1. The third-order valence-corrected chi connectivity index (χ3v) is 2.93. The lowest BCUT2D eigenvalue weighted by molar-refractivity contribution is -0.140. The predicted molar refractivity (Wildman–Crippen MR) is 44.6 cm³/mol. The van der Waals surface area contributed by atoms with Crippen LogP contribution in [0.3, 0.4) is 0 Å².